The van der Waals surface area contributed by atoms with E-state index in [-0.39, 0.29) is 0 Å². The summed E-state index contributed by atoms with van der Waals surface area (Å²) in [4.78, 5) is 0. The summed E-state index contributed by atoms with van der Waals surface area (Å²) >= 11 is 0. The molecule has 0 aromatic carbocycles. The Kier molecular flexibility index (Phi) is 14.6. The smallest absolute Gasteiger partial charge is 0.00386 e. The maximum atomic E-state index is 3.25. The van der Waals surface area contributed by atoms with E-state index in [1.165, 1.54) is 25.7 Å². The average Bonchev–Trinajstić information content (AvgIpc) is 2.27. The Hall–Kier alpha value is -0.300. The second-order valence-electron chi connectivity index (χ2n) is 3.34. The van der Waals surface area contributed by atoms with Gasteiger partial charge in [-0.3, -0.25) is 0 Å². The molecule has 0 spiro atoms. The summed E-state index contributed by atoms with van der Waals surface area (Å²) in [5.41, 5.74) is 1.60. The van der Waals surface area contributed by atoms with Crippen LogP contribution in [0.4, 0.5) is 0 Å². The second kappa shape index (κ2) is 12.7. The van der Waals surface area contributed by atoms with Crippen LogP contribution in [0.3, 0.4) is 0 Å². The summed E-state index contributed by atoms with van der Waals surface area (Å²) in [6.45, 7) is 10.7. The SMILES string of the molecule is CC.CCC(=CCCC(C)NC)CC. The third-order valence-electron chi connectivity index (χ3n) is 2.43. The predicted molar refractivity (Wildman–Crippen MR) is 67.8 cm³/mol. The van der Waals surface area contributed by atoms with E-state index in [0.29, 0.717) is 6.04 Å². The quantitative estimate of drug-likeness (QED) is 0.634. The summed E-state index contributed by atoms with van der Waals surface area (Å²) in [7, 11) is 2.02. The minimum absolute atomic E-state index is 0.649. The molecule has 1 heteroatoms. The molecular weight excluding hydrogens is 170 g/mol. The highest BCUT2D eigenvalue weighted by atomic mass is 14.8. The molecule has 0 rings (SSSR count). The fourth-order valence-corrected chi connectivity index (χ4v) is 1.22. The molecule has 0 aliphatic rings. The zero-order valence-corrected chi connectivity index (χ0v) is 11.0. The molecular formula is C13H29N. The minimum atomic E-state index is 0.649. The molecule has 0 saturated carbocycles. The van der Waals surface area contributed by atoms with Gasteiger partial charge >= 0.3 is 0 Å². The Morgan fingerprint density at radius 3 is 2.07 bits per heavy atom. The van der Waals surface area contributed by atoms with Gasteiger partial charge in [0, 0.05) is 6.04 Å². The number of hydrogen-bond donors (Lipinski definition) is 1. The van der Waals surface area contributed by atoms with Crippen LogP contribution in [0.5, 0.6) is 0 Å². The van der Waals surface area contributed by atoms with Crippen LogP contribution in [0.2, 0.25) is 0 Å². The van der Waals surface area contributed by atoms with Crippen LogP contribution < -0.4 is 5.32 Å². The topological polar surface area (TPSA) is 12.0 Å². The van der Waals surface area contributed by atoms with Gasteiger partial charge in [-0.1, -0.05) is 39.3 Å². The molecule has 0 aliphatic heterocycles. The zero-order chi connectivity index (χ0) is 11.4. The van der Waals surface area contributed by atoms with E-state index in [4.69, 9.17) is 0 Å². The van der Waals surface area contributed by atoms with Crippen molar-refractivity contribution in [1.29, 1.82) is 0 Å². The predicted octanol–water partition coefficient (Wildman–Crippen LogP) is 4.15. The lowest BCUT2D eigenvalue weighted by Crippen LogP contribution is -2.20. The maximum Gasteiger partial charge on any atom is 0.00386 e. The molecule has 0 aromatic rings. The molecule has 0 radical (unpaired) electrons. The normalized spacial score (nSPS) is 11.3. The highest BCUT2D eigenvalue weighted by Gasteiger charge is 1.95. The summed E-state index contributed by atoms with van der Waals surface area (Å²) in [6.07, 6.45) is 7.29. The molecule has 0 bridgehead atoms. The van der Waals surface area contributed by atoms with Crippen molar-refractivity contribution in [2.45, 2.75) is 66.3 Å². The minimum Gasteiger partial charge on any atom is -0.317 e. The van der Waals surface area contributed by atoms with Gasteiger partial charge in [0.2, 0.25) is 0 Å². The Bertz CT molecular complexity index is 121. The fraction of sp³-hybridized carbons (Fsp3) is 0.846. The first kappa shape index (κ1) is 16.1. The lowest BCUT2D eigenvalue weighted by Gasteiger charge is -2.07. The van der Waals surface area contributed by atoms with Gasteiger partial charge in [-0.25, -0.2) is 0 Å². The van der Waals surface area contributed by atoms with Gasteiger partial charge in [-0.05, 0) is 39.7 Å². The van der Waals surface area contributed by atoms with E-state index < -0.39 is 0 Å². The van der Waals surface area contributed by atoms with E-state index in [0.717, 1.165) is 0 Å². The van der Waals surface area contributed by atoms with Crippen molar-refractivity contribution < 1.29 is 0 Å². The number of hydrogen-bond acceptors (Lipinski definition) is 1. The molecule has 0 amide bonds. The number of allylic oxidation sites excluding steroid dienone is 2. The van der Waals surface area contributed by atoms with Gasteiger partial charge in [0.1, 0.15) is 0 Å². The van der Waals surface area contributed by atoms with Crippen LogP contribution in [-0.4, -0.2) is 13.1 Å². The molecule has 0 aliphatic carbocycles. The van der Waals surface area contributed by atoms with Crippen LogP contribution >= 0.6 is 0 Å². The molecule has 1 N–H and O–H groups in total. The van der Waals surface area contributed by atoms with E-state index in [9.17, 15) is 0 Å². The van der Waals surface area contributed by atoms with Gasteiger partial charge in [0.05, 0.1) is 0 Å². The molecule has 0 heterocycles. The number of nitrogens with one attached hydrogen (secondary N) is 1. The Balaban J connectivity index is 0. The highest BCUT2D eigenvalue weighted by Crippen LogP contribution is 2.08. The molecule has 86 valence electrons. The van der Waals surface area contributed by atoms with E-state index in [2.05, 4.69) is 32.2 Å². The van der Waals surface area contributed by atoms with Crippen molar-refractivity contribution in [2.75, 3.05) is 7.05 Å². The summed E-state index contributed by atoms with van der Waals surface area (Å²) in [5, 5.41) is 3.25. The molecule has 1 nitrogen and oxygen atoms in total. The first-order valence-electron chi connectivity index (χ1n) is 6.09. The third-order valence-corrected chi connectivity index (χ3v) is 2.43. The first-order chi connectivity index (χ1) is 6.74. The third kappa shape index (κ3) is 9.79. The summed E-state index contributed by atoms with van der Waals surface area (Å²) in [5.74, 6) is 0. The molecule has 14 heavy (non-hydrogen) atoms. The Morgan fingerprint density at radius 1 is 1.21 bits per heavy atom. The van der Waals surface area contributed by atoms with Crippen molar-refractivity contribution in [3.63, 3.8) is 0 Å². The lowest BCUT2D eigenvalue weighted by molar-refractivity contribution is 0.569. The second-order valence-corrected chi connectivity index (χ2v) is 3.34. The van der Waals surface area contributed by atoms with Crippen LogP contribution in [0.1, 0.15) is 60.3 Å². The van der Waals surface area contributed by atoms with Crippen LogP contribution in [0.15, 0.2) is 11.6 Å². The van der Waals surface area contributed by atoms with Gasteiger partial charge in [-0.15, -0.1) is 0 Å². The largest absolute Gasteiger partial charge is 0.317 e. The molecule has 0 aromatic heterocycles. The van der Waals surface area contributed by atoms with E-state index >= 15 is 0 Å². The Labute approximate surface area is 91.0 Å². The maximum absolute atomic E-state index is 3.25. The fourth-order valence-electron chi connectivity index (χ4n) is 1.22. The van der Waals surface area contributed by atoms with E-state index in [1.54, 1.807) is 5.57 Å². The van der Waals surface area contributed by atoms with Gasteiger partial charge in [-0.2, -0.15) is 0 Å². The van der Waals surface area contributed by atoms with Gasteiger partial charge in [0.25, 0.3) is 0 Å². The van der Waals surface area contributed by atoms with Crippen molar-refractivity contribution in [3.05, 3.63) is 11.6 Å². The standard InChI is InChI=1S/C11H23N.C2H6/c1-5-11(6-2)9-7-8-10(3)12-4;1-2/h9-10,12H,5-8H2,1-4H3;1-2H3. The summed E-state index contributed by atoms with van der Waals surface area (Å²) < 4.78 is 0. The van der Waals surface area contributed by atoms with Crippen LogP contribution in [0, 0.1) is 0 Å². The molecule has 1 unspecified atom stereocenters. The first-order valence-corrected chi connectivity index (χ1v) is 6.09. The van der Waals surface area contributed by atoms with Crippen LogP contribution in [-0.2, 0) is 0 Å². The average molecular weight is 199 g/mol. The summed E-state index contributed by atoms with van der Waals surface area (Å²) in [6, 6.07) is 0.649. The van der Waals surface area contributed by atoms with Gasteiger partial charge in [0.15, 0.2) is 0 Å². The van der Waals surface area contributed by atoms with Crippen molar-refractivity contribution in [3.8, 4) is 0 Å². The van der Waals surface area contributed by atoms with Crippen LogP contribution in [0.25, 0.3) is 0 Å². The lowest BCUT2D eigenvalue weighted by atomic mass is 10.1. The monoisotopic (exact) mass is 199 g/mol. The Morgan fingerprint density at radius 2 is 1.71 bits per heavy atom. The van der Waals surface area contributed by atoms with Crippen molar-refractivity contribution in [1.82, 2.24) is 5.32 Å². The number of rotatable bonds is 6. The van der Waals surface area contributed by atoms with E-state index in [1.807, 2.05) is 20.9 Å². The highest BCUT2D eigenvalue weighted by molar-refractivity contribution is 5.00. The zero-order valence-electron chi connectivity index (χ0n) is 11.0. The van der Waals surface area contributed by atoms with Crippen molar-refractivity contribution in [2.24, 2.45) is 0 Å². The van der Waals surface area contributed by atoms with Crippen molar-refractivity contribution >= 4 is 0 Å². The molecule has 0 saturated heterocycles. The molecule has 0 fully saturated rings. The molecule has 1 atom stereocenters. The van der Waals surface area contributed by atoms with Gasteiger partial charge < -0.3 is 5.32 Å².